The Kier molecular flexibility index (Phi) is 3.46. The molecule has 24 heavy (non-hydrogen) atoms. The summed E-state index contributed by atoms with van der Waals surface area (Å²) >= 11 is 0. The summed E-state index contributed by atoms with van der Waals surface area (Å²) in [5.74, 6) is 0. The molecule has 0 aliphatic carbocycles. The molecule has 118 valence electrons. The number of benzene rings is 1. The molecule has 0 radical (unpaired) electrons. The molecule has 0 aliphatic rings. The van der Waals surface area contributed by atoms with Gasteiger partial charge in [0.05, 0.1) is 17.3 Å². The molecule has 0 bridgehead atoms. The van der Waals surface area contributed by atoms with Gasteiger partial charge in [0, 0.05) is 42.4 Å². The van der Waals surface area contributed by atoms with Crippen LogP contribution in [0, 0.1) is 5.21 Å². The van der Waals surface area contributed by atoms with Crippen molar-refractivity contribution in [2.45, 2.75) is 6.42 Å². The smallest absolute Gasteiger partial charge is 0.226 e. The van der Waals surface area contributed by atoms with Gasteiger partial charge in [0.2, 0.25) is 5.69 Å². The number of para-hydroxylation sites is 1. The Morgan fingerprint density at radius 3 is 2.75 bits per heavy atom. The molecule has 0 amide bonds. The van der Waals surface area contributed by atoms with Crippen molar-refractivity contribution < 1.29 is 4.73 Å². The van der Waals surface area contributed by atoms with Gasteiger partial charge in [-0.25, -0.2) is 0 Å². The van der Waals surface area contributed by atoms with Crippen molar-refractivity contribution in [1.29, 1.82) is 0 Å². The fraction of sp³-hybridized carbons (Fsp3) is 0.105. The zero-order valence-corrected chi connectivity index (χ0v) is 13.3. The van der Waals surface area contributed by atoms with Crippen LogP contribution >= 0.6 is 0 Å². The number of nitrogens with zero attached hydrogens (tertiary/aromatic N) is 4. The summed E-state index contributed by atoms with van der Waals surface area (Å²) in [6.45, 7) is 0. The second-order valence-electron chi connectivity index (χ2n) is 5.82. The quantitative estimate of drug-likeness (QED) is 0.431. The molecule has 3 aromatic heterocycles. The summed E-state index contributed by atoms with van der Waals surface area (Å²) in [5, 5.41) is 17.5. The van der Waals surface area contributed by atoms with E-state index >= 15 is 0 Å². The molecule has 0 saturated carbocycles. The van der Waals surface area contributed by atoms with E-state index in [1.807, 2.05) is 55.7 Å². The van der Waals surface area contributed by atoms with Crippen molar-refractivity contribution in [1.82, 2.24) is 14.8 Å². The van der Waals surface area contributed by atoms with Crippen LogP contribution in [-0.4, -0.2) is 14.8 Å². The maximum Gasteiger partial charge on any atom is 0.226 e. The molecule has 0 saturated heterocycles. The molecule has 0 atom stereocenters. The van der Waals surface area contributed by atoms with Gasteiger partial charge in [0.1, 0.15) is 0 Å². The van der Waals surface area contributed by atoms with E-state index in [1.165, 1.54) is 0 Å². The lowest BCUT2D eigenvalue weighted by atomic mass is 10.1. The van der Waals surface area contributed by atoms with Crippen molar-refractivity contribution in [3.8, 4) is 11.3 Å². The highest BCUT2D eigenvalue weighted by atomic mass is 16.5. The fourth-order valence-corrected chi connectivity index (χ4v) is 2.82. The first-order valence-electron chi connectivity index (χ1n) is 7.75. The van der Waals surface area contributed by atoms with Gasteiger partial charge in [0.15, 0.2) is 6.20 Å². The normalized spacial score (nSPS) is 11.0. The molecule has 0 unspecified atom stereocenters. The van der Waals surface area contributed by atoms with Crippen molar-refractivity contribution in [3.63, 3.8) is 0 Å². The maximum atomic E-state index is 12.3. The van der Waals surface area contributed by atoms with E-state index in [-0.39, 0.29) is 0 Å². The van der Waals surface area contributed by atoms with Crippen LogP contribution in [0.3, 0.4) is 0 Å². The molecule has 0 N–H and O–H groups in total. The Labute approximate surface area is 139 Å². The number of hydrogen-bond donors (Lipinski definition) is 0. The molecule has 5 nitrogen and oxygen atoms in total. The van der Waals surface area contributed by atoms with Gasteiger partial charge < -0.3 is 5.21 Å². The van der Waals surface area contributed by atoms with Crippen LogP contribution in [-0.2, 0) is 13.5 Å². The van der Waals surface area contributed by atoms with Crippen molar-refractivity contribution in [3.05, 3.63) is 83.6 Å². The SMILES string of the molecule is Cn1cc(-c2ccc(Cc3ccc4ccccc4n3)c[n+]2[O-])cn1. The van der Waals surface area contributed by atoms with Crippen LogP contribution in [0.4, 0.5) is 0 Å². The lowest BCUT2D eigenvalue weighted by Gasteiger charge is -2.06. The van der Waals surface area contributed by atoms with Gasteiger partial charge in [-0.1, -0.05) is 24.3 Å². The molecule has 0 spiro atoms. The van der Waals surface area contributed by atoms with Crippen molar-refractivity contribution >= 4 is 10.9 Å². The molecular weight excluding hydrogens is 300 g/mol. The average Bonchev–Trinajstić information content (AvgIpc) is 3.01. The monoisotopic (exact) mass is 316 g/mol. The van der Waals surface area contributed by atoms with E-state index in [2.05, 4.69) is 16.1 Å². The molecule has 1 aromatic carbocycles. The molecule has 4 rings (SSSR count). The topological polar surface area (TPSA) is 57.6 Å². The van der Waals surface area contributed by atoms with E-state index in [0.717, 1.165) is 32.5 Å². The molecule has 4 aromatic rings. The van der Waals surface area contributed by atoms with Gasteiger partial charge in [0.25, 0.3) is 0 Å². The Bertz CT molecular complexity index is 1020. The summed E-state index contributed by atoms with van der Waals surface area (Å²) in [5.41, 5.74) is 4.25. The van der Waals surface area contributed by atoms with Crippen LogP contribution in [0.25, 0.3) is 22.2 Å². The van der Waals surface area contributed by atoms with E-state index in [9.17, 15) is 5.21 Å². The molecular formula is C19H16N4O. The lowest BCUT2D eigenvalue weighted by molar-refractivity contribution is -0.594. The second-order valence-corrected chi connectivity index (χ2v) is 5.82. The minimum Gasteiger partial charge on any atom is -0.618 e. The van der Waals surface area contributed by atoms with Crippen LogP contribution in [0.1, 0.15) is 11.3 Å². The minimum absolute atomic E-state index is 0.596. The van der Waals surface area contributed by atoms with Crippen molar-refractivity contribution in [2.24, 2.45) is 7.05 Å². The zero-order valence-electron chi connectivity index (χ0n) is 13.3. The minimum atomic E-state index is 0.596. The number of fused-ring (bicyclic) bond motifs is 1. The standard InChI is InChI=1S/C19H16N4O/c1-22-13-16(11-20-22)19-9-6-14(12-23(19)24)10-17-8-7-15-4-2-3-5-18(15)21-17/h2-9,11-13H,10H2,1H3. The highest BCUT2D eigenvalue weighted by Gasteiger charge is 2.12. The number of rotatable bonds is 3. The van der Waals surface area contributed by atoms with Crippen LogP contribution in [0.2, 0.25) is 0 Å². The summed E-state index contributed by atoms with van der Waals surface area (Å²) in [6.07, 6.45) is 5.75. The largest absolute Gasteiger partial charge is 0.618 e. The van der Waals surface area contributed by atoms with E-state index < -0.39 is 0 Å². The molecule has 0 aliphatic heterocycles. The number of aryl methyl sites for hydroxylation is 1. The third-order valence-electron chi connectivity index (χ3n) is 4.02. The Balaban J connectivity index is 1.63. The van der Waals surface area contributed by atoms with Crippen LogP contribution < -0.4 is 4.73 Å². The zero-order chi connectivity index (χ0) is 16.5. The van der Waals surface area contributed by atoms with Gasteiger partial charge in [-0.15, -0.1) is 0 Å². The summed E-state index contributed by atoms with van der Waals surface area (Å²) in [6, 6.07) is 15.9. The predicted octanol–water partition coefficient (Wildman–Crippen LogP) is 2.86. The van der Waals surface area contributed by atoms with Gasteiger partial charge in [-0.2, -0.15) is 9.83 Å². The second kappa shape index (κ2) is 5.77. The van der Waals surface area contributed by atoms with E-state index in [0.29, 0.717) is 12.1 Å². The highest BCUT2D eigenvalue weighted by molar-refractivity contribution is 5.78. The first-order valence-corrected chi connectivity index (χ1v) is 7.75. The first kappa shape index (κ1) is 14.4. The Morgan fingerprint density at radius 1 is 1.08 bits per heavy atom. The predicted molar refractivity (Wildman–Crippen MR) is 92.2 cm³/mol. The fourth-order valence-electron chi connectivity index (χ4n) is 2.82. The van der Waals surface area contributed by atoms with Crippen molar-refractivity contribution in [2.75, 3.05) is 0 Å². The molecule has 5 heteroatoms. The summed E-state index contributed by atoms with van der Waals surface area (Å²) in [4.78, 5) is 4.66. The van der Waals surface area contributed by atoms with Gasteiger partial charge in [-0.3, -0.25) is 9.67 Å². The number of aromatic nitrogens is 4. The van der Waals surface area contributed by atoms with Crippen LogP contribution in [0.15, 0.2) is 67.1 Å². The van der Waals surface area contributed by atoms with E-state index in [1.54, 1.807) is 17.1 Å². The average molecular weight is 316 g/mol. The third kappa shape index (κ3) is 2.72. The van der Waals surface area contributed by atoms with Gasteiger partial charge >= 0.3 is 0 Å². The molecule has 3 heterocycles. The Morgan fingerprint density at radius 2 is 1.96 bits per heavy atom. The number of hydrogen-bond acceptors (Lipinski definition) is 3. The van der Waals surface area contributed by atoms with Gasteiger partial charge in [-0.05, 0) is 18.2 Å². The maximum absolute atomic E-state index is 12.3. The lowest BCUT2D eigenvalue weighted by Crippen LogP contribution is -2.29. The number of pyridine rings is 2. The first-order chi connectivity index (χ1) is 11.7. The molecule has 0 fully saturated rings. The summed E-state index contributed by atoms with van der Waals surface area (Å²) in [7, 11) is 1.83. The third-order valence-corrected chi connectivity index (χ3v) is 4.02. The highest BCUT2D eigenvalue weighted by Crippen LogP contribution is 2.17. The van der Waals surface area contributed by atoms with Crippen LogP contribution in [0.5, 0.6) is 0 Å². The summed E-state index contributed by atoms with van der Waals surface area (Å²) < 4.78 is 2.58. The Hall–Kier alpha value is -3.21. The van der Waals surface area contributed by atoms with E-state index in [4.69, 9.17) is 0 Å².